The van der Waals surface area contributed by atoms with Crippen LogP contribution in [0.25, 0.3) is 11.4 Å². The molecule has 0 atom stereocenters. The summed E-state index contributed by atoms with van der Waals surface area (Å²) in [7, 11) is 0. The first kappa shape index (κ1) is 27.6. The molecule has 4 rings (SSSR count). The van der Waals surface area contributed by atoms with Crippen LogP contribution >= 0.6 is 11.6 Å². The zero-order valence-electron chi connectivity index (χ0n) is 19.4. The number of rotatable bonds is 8. The van der Waals surface area contributed by atoms with Gasteiger partial charge in [-0.3, -0.25) is 9.59 Å². The molecule has 0 bridgehead atoms. The minimum absolute atomic E-state index is 0.177. The normalized spacial score (nSPS) is 17.4. The lowest BCUT2D eigenvalue weighted by molar-refractivity contribution is -0.137. The summed E-state index contributed by atoms with van der Waals surface area (Å²) >= 11 is 5.93. The number of nitrogens with zero attached hydrogens (tertiary/aromatic N) is 1. The zero-order valence-corrected chi connectivity index (χ0v) is 20.2. The second-order valence-electron chi connectivity index (χ2n) is 8.73. The number of alkyl halides is 5. The molecule has 1 heterocycles. The van der Waals surface area contributed by atoms with E-state index in [0.717, 1.165) is 11.6 Å². The Morgan fingerprint density at radius 1 is 1.18 bits per heavy atom. The van der Waals surface area contributed by atoms with Crippen molar-refractivity contribution in [3.05, 3.63) is 86.0 Å². The van der Waals surface area contributed by atoms with Crippen LogP contribution in [0, 0.1) is 11.7 Å². The topological polar surface area (TPSA) is 84.1 Å². The highest BCUT2D eigenvalue weighted by atomic mass is 35.5. The first-order valence-electron chi connectivity index (χ1n) is 11.3. The van der Waals surface area contributed by atoms with Crippen LogP contribution in [-0.4, -0.2) is 22.0 Å². The Morgan fingerprint density at radius 2 is 1.92 bits per heavy atom. The molecule has 202 valence electrons. The quantitative estimate of drug-likeness (QED) is 0.342. The Bertz CT molecular complexity index is 1390. The zero-order chi connectivity index (χ0) is 27.6. The first-order valence-corrected chi connectivity index (χ1v) is 11.7. The van der Waals surface area contributed by atoms with Gasteiger partial charge in [0.1, 0.15) is 17.3 Å². The number of hydrogen-bond acceptors (Lipinski definition) is 4. The lowest BCUT2D eigenvalue weighted by Gasteiger charge is -2.34. The van der Waals surface area contributed by atoms with E-state index in [-0.39, 0.29) is 11.7 Å². The van der Waals surface area contributed by atoms with E-state index in [9.17, 15) is 31.5 Å². The van der Waals surface area contributed by atoms with Gasteiger partial charge in [-0.15, -0.1) is 0 Å². The summed E-state index contributed by atoms with van der Waals surface area (Å²) in [6, 6.07) is 8.89. The molecule has 13 heteroatoms. The predicted molar refractivity (Wildman–Crippen MR) is 125 cm³/mol. The van der Waals surface area contributed by atoms with Gasteiger partial charge in [-0.25, -0.2) is 18.2 Å². The van der Waals surface area contributed by atoms with Crippen LogP contribution in [-0.2, 0) is 28.9 Å². The number of ether oxygens (including phenoxy) is 1. The van der Waals surface area contributed by atoms with Gasteiger partial charge in [0.25, 0.3) is 12.0 Å². The Labute approximate surface area is 217 Å². The van der Waals surface area contributed by atoms with E-state index in [1.807, 2.05) is 11.1 Å². The smallest absolute Gasteiger partial charge is 0.373 e. The van der Waals surface area contributed by atoms with Crippen LogP contribution < -0.4 is 10.9 Å². The number of halogens is 7. The van der Waals surface area contributed by atoms with Gasteiger partial charge in [0, 0.05) is 29.1 Å². The number of hydrogen-bond donors (Lipinski definition) is 2. The molecule has 0 spiro atoms. The van der Waals surface area contributed by atoms with Gasteiger partial charge in [-0.05, 0) is 36.6 Å². The van der Waals surface area contributed by atoms with Crippen LogP contribution in [0.5, 0.6) is 0 Å². The molecule has 0 unspecified atom stereocenters. The van der Waals surface area contributed by atoms with Crippen molar-refractivity contribution >= 4 is 17.5 Å². The van der Waals surface area contributed by atoms with Crippen molar-refractivity contribution in [1.82, 2.24) is 15.3 Å². The summed E-state index contributed by atoms with van der Waals surface area (Å²) in [4.78, 5) is 29.4. The van der Waals surface area contributed by atoms with Gasteiger partial charge in [0.2, 0.25) is 5.91 Å². The van der Waals surface area contributed by atoms with Gasteiger partial charge in [0.05, 0.1) is 23.8 Å². The molecule has 1 amide bonds. The molecular weight excluding hydrogens is 540 g/mol. The van der Waals surface area contributed by atoms with Gasteiger partial charge in [-0.1, -0.05) is 29.8 Å². The number of aromatic amines is 1. The highest BCUT2D eigenvalue weighted by Gasteiger charge is 2.38. The molecule has 2 N–H and O–H groups in total. The molecule has 1 aromatic heterocycles. The largest absolute Gasteiger partial charge is 0.417 e. The summed E-state index contributed by atoms with van der Waals surface area (Å²) in [6.45, 7) is -0.166. The Balaban J connectivity index is 1.44. The van der Waals surface area contributed by atoms with E-state index in [1.165, 1.54) is 0 Å². The SMILES string of the molecule is O=c1cc(C(F)F)nc(-c2c(C(F)(F)F)ccc(CNC(=O)[C@H]3C[C@H](OCc4cccc(Cl)c4)C3)c2F)[nH]1. The first-order chi connectivity index (χ1) is 17.9. The van der Waals surface area contributed by atoms with Crippen molar-refractivity contribution in [3.8, 4) is 11.4 Å². The average Bonchev–Trinajstić information content (AvgIpc) is 2.81. The second kappa shape index (κ2) is 11.2. The number of amides is 1. The fourth-order valence-electron chi connectivity index (χ4n) is 4.01. The molecule has 1 aliphatic rings. The van der Waals surface area contributed by atoms with Gasteiger partial charge in [0.15, 0.2) is 0 Å². The van der Waals surface area contributed by atoms with Crippen molar-refractivity contribution in [1.29, 1.82) is 0 Å². The Morgan fingerprint density at radius 3 is 2.58 bits per heavy atom. The number of carbonyl (C=O) groups is 1. The van der Waals surface area contributed by atoms with Crippen molar-refractivity contribution in [3.63, 3.8) is 0 Å². The third-order valence-corrected chi connectivity index (χ3v) is 6.28. The van der Waals surface area contributed by atoms with Gasteiger partial charge < -0.3 is 15.0 Å². The predicted octanol–water partition coefficient (Wildman–Crippen LogP) is 5.80. The highest BCUT2D eigenvalue weighted by molar-refractivity contribution is 6.30. The van der Waals surface area contributed by atoms with Crippen molar-refractivity contribution in [2.75, 3.05) is 0 Å². The number of carbonyl (C=O) groups excluding carboxylic acids is 1. The summed E-state index contributed by atoms with van der Waals surface area (Å²) in [5.74, 6) is -3.33. The highest BCUT2D eigenvalue weighted by Crippen LogP contribution is 2.39. The molecule has 1 saturated carbocycles. The summed E-state index contributed by atoms with van der Waals surface area (Å²) in [5.41, 5.74) is -4.46. The number of nitrogens with one attached hydrogen (secondary N) is 2. The van der Waals surface area contributed by atoms with Crippen LogP contribution in [0.3, 0.4) is 0 Å². The third kappa shape index (κ3) is 6.36. The maximum absolute atomic E-state index is 15.3. The molecular formula is C25H20ClF6N3O3. The van der Waals surface area contributed by atoms with E-state index in [0.29, 0.717) is 36.6 Å². The van der Waals surface area contributed by atoms with Gasteiger partial charge in [-0.2, -0.15) is 13.2 Å². The molecule has 6 nitrogen and oxygen atoms in total. The maximum atomic E-state index is 15.3. The molecule has 3 aromatic rings. The monoisotopic (exact) mass is 559 g/mol. The molecule has 0 saturated heterocycles. The molecule has 0 aliphatic heterocycles. The molecule has 0 radical (unpaired) electrons. The lowest BCUT2D eigenvalue weighted by Crippen LogP contribution is -2.42. The average molecular weight is 560 g/mol. The van der Waals surface area contributed by atoms with Crippen molar-refractivity contribution < 1.29 is 35.9 Å². The molecule has 38 heavy (non-hydrogen) atoms. The summed E-state index contributed by atoms with van der Waals surface area (Å²) in [6.07, 6.45) is -7.72. The van der Waals surface area contributed by atoms with Crippen molar-refractivity contribution in [2.24, 2.45) is 5.92 Å². The minimum atomic E-state index is -5.08. The molecule has 2 aromatic carbocycles. The Kier molecular flexibility index (Phi) is 8.12. The van der Waals surface area contributed by atoms with Crippen molar-refractivity contribution in [2.45, 2.75) is 44.7 Å². The number of aromatic nitrogens is 2. The number of benzene rings is 2. The second-order valence-corrected chi connectivity index (χ2v) is 9.16. The summed E-state index contributed by atoms with van der Waals surface area (Å²) in [5, 5.41) is 3.04. The minimum Gasteiger partial charge on any atom is -0.373 e. The third-order valence-electron chi connectivity index (χ3n) is 6.04. The fraction of sp³-hybridized carbons (Fsp3) is 0.320. The summed E-state index contributed by atoms with van der Waals surface area (Å²) < 4.78 is 87.9. The number of H-pyrrole nitrogens is 1. The fourth-order valence-corrected chi connectivity index (χ4v) is 4.23. The molecule has 1 aliphatic carbocycles. The Hall–Kier alpha value is -3.38. The standard InChI is InChI=1S/C25H20ClF6N3O3/c26-15-3-1-2-12(6-15)11-38-16-7-14(8-16)24(37)33-10-13-4-5-17(25(30,31)32)20(21(13)27)23-34-18(22(28)29)9-19(36)35-23/h1-6,9,14,16,22H,7-8,10-11H2,(H,33,37)(H,34,35,36)/t14-,16-. The van der Waals surface area contributed by atoms with Crippen LogP contribution in [0.15, 0.2) is 47.3 Å². The molecule has 1 fully saturated rings. The maximum Gasteiger partial charge on any atom is 0.417 e. The van der Waals surface area contributed by atoms with E-state index < -0.39 is 65.0 Å². The van der Waals surface area contributed by atoms with Crippen LogP contribution in [0.2, 0.25) is 5.02 Å². The lowest BCUT2D eigenvalue weighted by atomic mass is 9.81. The van der Waals surface area contributed by atoms with Crippen LogP contribution in [0.1, 0.15) is 41.7 Å². The van der Waals surface area contributed by atoms with Crippen LogP contribution in [0.4, 0.5) is 26.3 Å². The van der Waals surface area contributed by atoms with E-state index in [1.54, 1.807) is 18.2 Å². The van der Waals surface area contributed by atoms with E-state index in [2.05, 4.69) is 10.3 Å². The van der Waals surface area contributed by atoms with E-state index >= 15 is 4.39 Å². The van der Waals surface area contributed by atoms with E-state index in [4.69, 9.17) is 16.3 Å². The van der Waals surface area contributed by atoms with Gasteiger partial charge >= 0.3 is 6.18 Å².